The zero-order chi connectivity index (χ0) is 19.8. The molecule has 1 saturated heterocycles. The van der Waals surface area contributed by atoms with Gasteiger partial charge in [0.1, 0.15) is 16.9 Å². The zero-order valence-electron chi connectivity index (χ0n) is 15.6. The van der Waals surface area contributed by atoms with Gasteiger partial charge in [-0.25, -0.2) is 9.97 Å². The Morgan fingerprint density at radius 1 is 1.21 bits per heavy atom. The Bertz CT molecular complexity index is 1070. The Kier molecular flexibility index (Phi) is 4.59. The summed E-state index contributed by atoms with van der Waals surface area (Å²) >= 11 is 1.50. The van der Waals surface area contributed by atoms with Crippen LogP contribution in [0.4, 0.5) is 5.82 Å². The van der Waals surface area contributed by atoms with Gasteiger partial charge in [0, 0.05) is 60.7 Å². The molecule has 2 bridgehead atoms. The lowest BCUT2D eigenvalue weighted by Gasteiger charge is -2.46. The van der Waals surface area contributed by atoms with Gasteiger partial charge >= 0.3 is 0 Å². The quantitative estimate of drug-likeness (QED) is 0.705. The molecule has 29 heavy (non-hydrogen) atoms. The van der Waals surface area contributed by atoms with Crippen molar-refractivity contribution < 1.29 is 4.79 Å². The summed E-state index contributed by atoms with van der Waals surface area (Å²) in [5.74, 6) is 0.849. The van der Waals surface area contributed by atoms with E-state index < -0.39 is 6.04 Å². The second kappa shape index (κ2) is 7.40. The number of anilines is 1. The average Bonchev–Trinajstić information content (AvgIpc) is 3.27. The lowest BCUT2D eigenvalue weighted by molar-refractivity contribution is -0.127. The molecule has 0 unspecified atom stereocenters. The minimum absolute atomic E-state index is 0.0136. The lowest BCUT2D eigenvalue weighted by Crippen LogP contribution is -2.53. The highest BCUT2D eigenvalue weighted by molar-refractivity contribution is 7.09. The third-order valence-electron chi connectivity index (χ3n) is 5.69. The molecular formula is C20H20N6O2S. The van der Waals surface area contributed by atoms with Crippen LogP contribution in [0.5, 0.6) is 0 Å². The monoisotopic (exact) mass is 408 g/mol. The Morgan fingerprint density at radius 2 is 2.14 bits per heavy atom. The first kappa shape index (κ1) is 18.0. The molecule has 2 aliphatic rings. The molecule has 9 heteroatoms. The molecule has 5 rings (SSSR count). The molecule has 1 N–H and O–H groups in total. The molecule has 2 aliphatic heterocycles. The fourth-order valence-electron chi connectivity index (χ4n) is 4.52. The van der Waals surface area contributed by atoms with Crippen molar-refractivity contribution in [1.82, 2.24) is 24.8 Å². The molecule has 3 aromatic rings. The van der Waals surface area contributed by atoms with Crippen molar-refractivity contribution in [3.05, 3.63) is 69.4 Å². The number of rotatable bonds is 4. The van der Waals surface area contributed by atoms with Crippen LogP contribution in [0.1, 0.15) is 29.1 Å². The first-order valence-electron chi connectivity index (χ1n) is 9.59. The Labute approximate surface area is 171 Å². The topological polar surface area (TPSA) is 93.0 Å². The normalized spacial score (nSPS) is 22.8. The van der Waals surface area contributed by atoms with Crippen LogP contribution in [0.15, 0.2) is 53.2 Å². The molecule has 1 amide bonds. The van der Waals surface area contributed by atoms with Crippen molar-refractivity contribution in [3.63, 3.8) is 0 Å². The van der Waals surface area contributed by atoms with Gasteiger partial charge in [-0.05, 0) is 12.5 Å². The largest absolute Gasteiger partial charge is 0.354 e. The van der Waals surface area contributed by atoms with Gasteiger partial charge in [-0.3, -0.25) is 19.1 Å². The van der Waals surface area contributed by atoms with E-state index in [9.17, 15) is 9.59 Å². The standard InChI is InChI=1S/C20H20N6O2S/c27-18-3-1-2-15-13-8-14(12-25(11-13)16-9-21-4-5-22-16)19(26(15)18)20(28)24-10-17-23-6-7-29-17/h1-7,9,13-14,19H,8,10-12H2,(H,24,28)/t13-,14+,19-/m1/s1. The van der Waals surface area contributed by atoms with Crippen molar-refractivity contribution in [2.75, 3.05) is 18.0 Å². The summed E-state index contributed by atoms with van der Waals surface area (Å²) in [6.07, 6.45) is 7.66. The van der Waals surface area contributed by atoms with Crippen molar-refractivity contribution >= 4 is 23.1 Å². The van der Waals surface area contributed by atoms with E-state index in [2.05, 4.69) is 25.2 Å². The van der Waals surface area contributed by atoms with Crippen LogP contribution in [-0.2, 0) is 11.3 Å². The van der Waals surface area contributed by atoms with Crippen LogP contribution >= 0.6 is 11.3 Å². The van der Waals surface area contributed by atoms with Crippen molar-refractivity contribution in [1.29, 1.82) is 0 Å². The Morgan fingerprint density at radius 3 is 2.93 bits per heavy atom. The van der Waals surface area contributed by atoms with Gasteiger partial charge in [0.2, 0.25) is 5.91 Å². The van der Waals surface area contributed by atoms with E-state index in [0.717, 1.165) is 29.5 Å². The lowest BCUT2D eigenvalue weighted by atomic mass is 9.78. The summed E-state index contributed by atoms with van der Waals surface area (Å²) in [4.78, 5) is 40.9. The number of pyridine rings is 1. The third kappa shape index (κ3) is 3.31. The maximum atomic E-state index is 13.2. The van der Waals surface area contributed by atoms with E-state index in [1.807, 2.05) is 11.4 Å². The number of nitrogens with one attached hydrogen (secondary N) is 1. The molecule has 0 radical (unpaired) electrons. The molecule has 3 atom stereocenters. The molecular weight excluding hydrogens is 388 g/mol. The summed E-state index contributed by atoms with van der Waals surface area (Å²) < 4.78 is 1.70. The highest BCUT2D eigenvalue weighted by atomic mass is 32.1. The third-order valence-corrected chi connectivity index (χ3v) is 6.47. The van der Waals surface area contributed by atoms with Gasteiger partial charge in [0.25, 0.3) is 5.56 Å². The van der Waals surface area contributed by atoms with E-state index >= 15 is 0 Å². The Balaban J connectivity index is 1.49. The molecule has 0 aliphatic carbocycles. The van der Waals surface area contributed by atoms with Crippen LogP contribution in [0.2, 0.25) is 0 Å². The number of hydrogen-bond acceptors (Lipinski definition) is 7. The minimum Gasteiger partial charge on any atom is -0.354 e. The summed E-state index contributed by atoms with van der Waals surface area (Å²) in [6.45, 7) is 1.78. The van der Waals surface area contributed by atoms with Crippen LogP contribution in [0.3, 0.4) is 0 Å². The molecule has 5 heterocycles. The van der Waals surface area contributed by atoms with E-state index in [1.54, 1.807) is 35.4 Å². The van der Waals surface area contributed by atoms with E-state index in [1.165, 1.54) is 17.4 Å². The SMILES string of the molecule is O=C(NCc1nccs1)[C@H]1[C@H]2C[C@H](CN(c3cnccn3)C2)c2cccc(=O)n21. The summed E-state index contributed by atoms with van der Waals surface area (Å²) in [7, 11) is 0. The Hall–Kier alpha value is -3.07. The fourth-order valence-corrected chi connectivity index (χ4v) is 5.08. The predicted molar refractivity (Wildman–Crippen MR) is 109 cm³/mol. The van der Waals surface area contributed by atoms with Gasteiger partial charge < -0.3 is 10.2 Å². The van der Waals surface area contributed by atoms with Gasteiger partial charge in [-0.15, -0.1) is 11.3 Å². The maximum Gasteiger partial charge on any atom is 0.251 e. The molecule has 148 valence electrons. The highest BCUT2D eigenvalue weighted by Crippen LogP contribution is 2.42. The van der Waals surface area contributed by atoms with Gasteiger partial charge in [-0.1, -0.05) is 6.07 Å². The number of nitrogens with zero attached hydrogens (tertiary/aromatic N) is 5. The number of hydrogen-bond donors (Lipinski definition) is 1. The fraction of sp³-hybridized carbons (Fsp3) is 0.350. The summed E-state index contributed by atoms with van der Waals surface area (Å²) in [5.41, 5.74) is 0.788. The second-order valence-electron chi connectivity index (χ2n) is 7.41. The van der Waals surface area contributed by atoms with Crippen molar-refractivity contribution in [3.8, 4) is 0 Å². The van der Waals surface area contributed by atoms with Gasteiger partial charge in [0.05, 0.1) is 12.7 Å². The highest BCUT2D eigenvalue weighted by Gasteiger charge is 2.44. The molecule has 0 saturated carbocycles. The van der Waals surface area contributed by atoms with E-state index in [0.29, 0.717) is 13.1 Å². The van der Waals surface area contributed by atoms with Crippen LogP contribution < -0.4 is 15.8 Å². The number of carbonyl (C=O) groups excluding carboxylic acids is 1. The van der Waals surface area contributed by atoms with E-state index in [-0.39, 0.29) is 23.3 Å². The van der Waals surface area contributed by atoms with Crippen molar-refractivity contribution in [2.24, 2.45) is 5.92 Å². The summed E-state index contributed by atoms with van der Waals surface area (Å²) in [5, 5.41) is 5.71. The van der Waals surface area contributed by atoms with Crippen LogP contribution in [-0.4, -0.2) is 38.5 Å². The smallest absolute Gasteiger partial charge is 0.251 e. The number of fused-ring (bicyclic) bond motifs is 4. The number of amides is 1. The number of thiazole rings is 1. The number of aromatic nitrogens is 4. The molecule has 0 spiro atoms. The van der Waals surface area contributed by atoms with E-state index in [4.69, 9.17) is 0 Å². The molecule has 1 fully saturated rings. The van der Waals surface area contributed by atoms with Crippen LogP contribution in [0.25, 0.3) is 0 Å². The second-order valence-corrected chi connectivity index (χ2v) is 8.39. The number of piperidine rings is 1. The van der Waals surface area contributed by atoms with Crippen LogP contribution in [0, 0.1) is 5.92 Å². The van der Waals surface area contributed by atoms with Crippen molar-refractivity contribution in [2.45, 2.75) is 24.9 Å². The van der Waals surface area contributed by atoms with Gasteiger partial charge in [0.15, 0.2) is 0 Å². The predicted octanol–water partition coefficient (Wildman–Crippen LogP) is 1.58. The first-order chi connectivity index (χ1) is 14.2. The first-order valence-corrected chi connectivity index (χ1v) is 10.5. The molecule has 0 aromatic carbocycles. The average molecular weight is 408 g/mol. The molecule has 3 aromatic heterocycles. The minimum atomic E-state index is -0.547. The zero-order valence-corrected chi connectivity index (χ0v) is 16.5. The maximum absolute atomic E-state index is 13.2. The summed E-state index contributed by atoms with van der Waals surface area (Å²) in [6, 6.07) is 4.73. The number of carbonyl (C=O) groups is 1. The van der Waals surface area contributed by atoms with Gasteiger partial charge in [-0.2, -0.15) is 0 Å². The molecule has 8 nitrogen and oxygen atoms in total.